The van der Waals surface area contributed by atoms with Crippen LogP contribution in [-0.4, -0.2) is 63.2 Å². The average Bonchev–Trinajstić information content (AvgIpc) is 3.30. The van der Waals surface area contributed by atoms with Crippen molar-refractivity contribution < 1.29 is 18.7 Å². The highest BCUT2D eigenvalue weighted by molar-refractivity contribution is 9.10. The monoisotopic (exact) mass is 493 g/mol. The van der Waals surface area contributed by atoms with E-state index in [9.17, 15) is 4.79 Å². The first-order valence-corrected chi connectivity index (χ1v) is 11.5. The van der Waals surface area contributed by atoms with Crippen LogP contribution < -0.4 is 14.8 Å². The number of hydrogen-bond acceptors (Lipinski definition) is 6. The van der Waals surface area contributed by atoms with Crippen molar-refractivity contribution in [1.29, 1.82) is 0 Å². The van der Waals surface area contributed by atoms with Gasteiger partial charge in [-0.3, -0.25) is 9.69 Å². The van der Waals surface area contributed by atoms with E-state index in [0.717, 1.165) is 35.4 Å². The molecular formula is C23H32BrN3O4. The van der Waals surface area contributed by atoms with Gasteiger partial charge < -0.3 is 24.1 Å². The van der Waals surface area contributed by atoms with Crippen molar-refractivity contribution in [2.45, 2.75) is 31.8 Å². The maximum absolute atomic E-state index is 11.9. The lowest BCUT2D eigenvalue weighted by atomic mass is 10.1. The molecule has 1 aliphatic heterocycles. The van der Waals surface area contributed by atoms with Gasteiger partial charge in [0.25, 0.3) is 5.91 Å². The number of halogens is 1. The number of rotatable bonds is 10. The van der Waals surface area contributed by atoms with E-state index in [4.69, 9.17) is 13.9 Å². The SMILES string of the molecule is COc1cc(CNC[C@H](c2ccco2)N2CCCCC2)cc(Br)c1OCC(=O)N(C)C. The minimum Gasteiger partial charge on any atom is -0.493 e. The second kappa shape index (κ2) is 11.5. The van der Waals surface area contributed by atoms with Crippen molar-refractivity contribution in [3.05, 3.63) is 46.3 Å². The second-order valence-electron chi connectivity index (χ2n) is 7.94. The van der Waals surface area contributed by atoms with Gasteiger partial charge in [0, 0.05) is 27.2 Å². The molecule has 0 aliphatic carbocycles. The number of benzene rings is 1. The molecule has 1 aliphatic rings. The Bertz CT molecular complexity index is 836. The van der Waals surface area contributed by atoms with Crippen LogP contribution in [0.5, 0.6) is 11.5 Å². The summed E-state index contributed by atoms with van der Waals surface area (Å²) in [4.78, 5) is 15.9. The minimum absolute atomic E-state index is 0.0414. The van der Waals surface area contributed by atoms with Crippen molar-refractivity contribution >= 4 is 21.8 Å². The molecule has 2 aromatic rings. The predicted octanol–water partition coefficient (Wildman–Crippen LogP) is 3.83. The molecule has 0 saturated carbocycles. The van der Waals surface area contributed by atoms with Crippen molar-refractivity contribution in [2.24, 2.45) is 0 Å². The number of methoxy groups -OCH3 is 1. The molecule has 1 aromatic carbocycles. The van der Waals surface area contributed by atoms with Crippen LogP contribution in [0.2, 0.25) is 0 Å². The standard InChI is InChI=1S/C23H32BrN3O4/c1-26(2)22(28)16-31-23-18(24)12-17(13-21(23)29-3)14-25-15-19(20-8-7-11-30-20)27-9-5-4-6-10-27/h7-8,11-13,19,25H,4-6,9-10,14-16H2,1-3H3/t19-/m1/s1. The molecule has 0 radical (unpaired) electrons. The number of amides is 1. The van der Waals surface area contributed by atoms with Gasteiger partial charge >= 0.3 is 0 Å². The summed E-state index contributed by atoms with van der Waals surface area (Å²) in [6.07, 6.45) is 5.52. The molecule has 1 aromatic heterocycles. The van der Waals surface area contributed by atoms with Gasteiger partial charge in [0.1, 0.15) is 5.76 Å². The Balaban J connectivity index is 1.63. The third-order valence-corrected chi connectivity index (χ3v) is 6.09. The predicted molar refractivity (Wildman–Crippen MR) is 123 cm³/mol. The van der Waals surface area contributed by atoms with Crippen LogP contribution in [0.4, 0.5) is 0 Å². The molecule has 1 atom stereocenters. The summed E-state index contributed by atoms with van der Waals surface area (Å²) in [5, 5.41) is 3.57. The number of carbonyl (C=O) groups excluding carboxylic acids is 1. The summed E-state index contributed by atoms with van der Waals surface area (Å²) in [5.74, 6) is 2.02. The topological polar surface area (TPSA) is 67.2 Å². The second-order valence-corrected chi connectivity index (χ2v) is 8.80. The van der Waals surface area contributed by atoms with Crippen molar-refractivity contribution in [2.75, 3.05) is 47.4 Å². The highest BCUT2D eigenvalue weighted by Gasteiger charge is 2.24. The van der Waals surface area contributed by atoms with Crippen LogP contribution in [0, 0.1) is 0 Å². The summed E-state index contributed by atoms with van der Waals surface area (Å²) in [7, 11) is 5.00. The summed E-state index contributed by atoms with van der Waals surface area (Å²) in [5.41, 5.74) is 1.06. The first kappa shape index (κ1) is 23.6. The van der Waals surface area contributed by atoms with E-state index < -0.39 is 0 Å². The Hall–Kier alpha value is -2.03. The van der Waals surface area contributed by atoms with E-state index >= 15 is 0 Å². The molecule has 1 N–H and O–H groups in total. The first-order chi connectivity index (χ1) is 15.0. The molecule has 31 heavy (non-hydrogen) atoms. The van der Waals surface area contributed by atoms with Crippen molar-refractivity contribution in [3.8, 4) is 11.5 Å². The van der Waals surface area contributed by atoms with Gasteiger partial charge in [0.2, 0.25) is 0 Å². The molecule has 0 bridgehead atoms. The number of furan rings is 1. The Morgan fingerprint density at radius 2 is 2.06 bits per heavy atom. The van der Waals surface area contributed by atoms with E-state index in [0.29, 0.717) is 18.0 Å². The van der Waals surface area contributed by atoms with E-state index in [1.165, 1.54) is 24.2 Å². The zero-order chi connectivity index (χ0) is 22.2. The van der Waals surface area contributed by atoms with Crippen LogP contribution >= 0.6 is 15.9 Å². The molecule has 3 rings (SSSR count). The Morgan fingerprint density at radius 3 is 2.71 bits per heavy atom. The molecule has 1 saturated heterocycles. The molecule has 0 unspecified atom stereocenters. The van der Waals surface area contributed by atoms with Crippen molar-refractivity contribution in [3.63, 3.8) is 0 Å². The number of ether oxygens (including phenoxy) is 2. The van der Waals surface area contributed by atoms with Crippen LogP contribution in [0.1, 0.15) is 36.6 Å². The van der Waals surface area contributed by atoms with Gasteiger partial charge in [-0.25, -0.2) is 0 Å². The summed E-state index contributed by atoms with van der Waals surface area (Å²) in [6, 6.07) is 8.17. The summed E-state index contributed by atoms with van der Waals surface area (Å²) >= 11 is 3.56. The maximum atomic E-state index is 11.9. The fraction of sp³-hybridized carbons (Fsp3) is 0.522. The number of nitrogens with zero attached hydrogens (tertiary/aromatic N) is 2. The number of likely N-dealkylation sites (N-methyl/N-ethyl adjacent to an activating group) is 1. The largest absolute Gasteiger partial charge is 0.493 e. The van der Waals surface area contributed by atoms with Crippen LogP contribution in [-0.2, 0) is 11.3 Å². The van der Waals surface area contributed by atoms with Gasteiger partial charge in [-0.05, 0) is 71.7 Å². The fourth-order valence-electron chi connectivity index (χ4n) is 3.75. The number of hydrogen-bond donors (Lipinski definition) is 1. The van der Waals surface area contributed by atoms with E-state index in [1.54, 1.807) is 27.5 Å². The van der Waals surface area contributed by atoms with Crippen molar-refractivity contribution in [1.82, 2.24) is 15.1 Å². The van der Waals surface area contributed by atoms with Gasteiger partial charge in [-0.15, -0.1) is 0 Å². The van der Waals surface area contributed by atoms with Crippen LogP contribution in [0.3, 0.4) is 0 Å². The van der Waals surface area contributed by atoms with E-state index in [2.05, 4.69) is 32.2 Å². The lowest BCUT2D eigenvalue weighted by Crippen LogP contribution is -2.38. The van der Waals surface area contributed by atoms with Crippen LogP contribution in [0.15, 0.2) is 39.4 Å². The minimum atomic E-state index is -0.110. The van der Waals surface area contributed by atoms with E-state index in [1.807, 2.05) is 18.2 Å². The first-order valence-electron chi connectivity index (χ1n) is 10.7. The molecule has 1 amide bonds. The molecule has 7 nitrogen and oxygen atoms in total. The Morgan fingerprint density at radius 1 is 1.29 bits per heavy atom. The fourth-order valence-corrected chi connectivity index (χ4v) is 4.36. The Kier molecular flexibility index (Phi) is 8.80. The number of nitrogens with one attached hydrogen (secondary N) is 1. The zero-order valence-corrected chi connectivity index (χ0v) is 20.1. The highest BCUT2D eigenvalue weighted by atomic mass is 79.9. The lowest BCUT2D eigenvalue weighted by molar-refractivity contribution is -0.130. The number of carbonyl (C=O) groups is 1. The highest BCUT2D eigenvalue weighted by Crippen LogP contribution is 2.36. The van der Waals surface area contributed by atoms with E-state index in [-0.39, 0.29) is 18.6 Å². The molecule has 1 fully saturated rings. The number of likely N-dealkylation sites (tertiary alicyclic amines) is 1. The normalized spacial score (nSPS) is 15.5. The van der Waals surface area contributed by atoms with Gasteiger partial charge in [0.15, 0.2) is 18.1 Å². The third kappa shape index (κ3) is 6.48. The third-order valence-electron chi connectivity index (χ3n) is 5.50. The zero-order valence-electron chi connectivity index (χ0n) is 18.5. The molecule has 8 heteroatoms. The maximum Gasteiger partial charge on any atom is 0.259 e. The lowest BCUT2D eigenvalue weighted by Gasteiger charge is -2.33. The summed E-state index contributed by atoms with van der Waals surface area (Å²) in [6.45, 7) is 3.63. The molecule has 170 valence electrons. The smallest absolute Gasteiger partial charge is 0.259 e. The van der Waals surface area contributed by atoms with Gasteiger partial charge in [0.05, 0.1) is 23.9 Å². The molecular weight excluding hydrogens is 462 g/mol. The summed E-state index contributed by atoms with van der Waals surface area (Å²) < 4.78 is 17.7. The van der Waals surface area contributed by atoms with Gasteiger partial charge in [-0.1, -0.05) is 6.42 Å². The quantitative estimate of drug-likeness (QED) is 0.542. The molecule has 0 spiro atoms. The Labute approximate surface area is 192 Å². The van der Waals surface area contributed by atoms with Crippen LogP contribution in [0.25, 0.3) is 0 Å². The average molecular weight is 494 g/mol. The molecule has 2 heterocycles. The van der Waals surface area contributed by atoms with Gasteiger partial charge in [-0.2, -0.15) is 0 Å². The number of piperidine rings is 1.